The van der Waals surface area contributed by atoms with Gasteiger partial charge in [-0.05, 0) is 42.7 Å². The number of hydrogen-bond acceptors (Lipinski definition) is 3. The molecule has 1 amide bonds. The Balaban J connectivity index is 0.00000336. The number of nitrogens with zero attached hydrogens (tertiary/aromatic N) is 2. The fourth-order valence-corrected chi connectivity index (χ4v) is 7.74. The van der Waals surface area contributed by atoms with Crippen LogP contribution in [0, 0.1) is 23.4 Å². The van der Waals surface area contributed by atoms with E-state index in [1.165, 1.54) is 55.2 Å². The minimum Gasteiger partial charge on any atom is -1.00 e. The average Bonchev–Trinajstić information content (AvgIpc) is 2.91. The molecular formula is C29H36ClF3N2O2S. The first-order valence-electron chi connectivity index (χ1n) is 13.6. The van der Waals surface area contributed by atoms with E-state index in [-0.39, 0.29) is 30.7 Å². The third kappa shape index (κ3) is 6.80. The maximum absolute atomic E-state index is 14.7. The molecule has 38 heavy (non-hydrogen) atoms. The van der Waals surface area contributed by atoms with Gasteiger partial charge < -0.3 is 21.6 Å². The maximum Gasteiger partial charge on any atom is 0.415 e. The number of carbonyl (C=O) groups is 1. The summed E-state index contributed by atoms with van der Waals surface area (Å²) in [6.07, 6.45) is 7.89. The molecule has 2 aromatic rings. The van der Waals surface area contributed by atoms with Gasteiger partial charge in [-0.15, -0.1) is 0 Å². The third-order valence-corrected chi connectivity index (χ3v) is 9.81. The largest absolute Gasteiger partial charge is 1.00 e. The van der Waals surface area contributed by atoms with Crippen molar-refractivity contribution < 1.29 is 39.6 Å². The van der Waals surface area contributed by atoms with Gasteiger partial charge in [-0.2, -0.15) is 11.8 Å². The molecule has 2 bridgehead atoms. The number of hydrogen-bond donors (Lipinski definition) is 0. The summed E-state index contributed by atoms with van der Waals surface area (Å²) in [6, 6.07) is 9.42. The lowest BCUT2D eigenvalue weighted by molar-refractivity contribution is -0.943. The third-order valence-electron chi connectivity index (χ3n) is 8.45. The van der Waals surface area contributed by atoms with E-state index in [1.54, 1.807) is 12.1 Å². The first-order chi connectivity index (χ1) is 17.9. The molecule has 0 spiro atoms. The number of para-hydroxylation sites is 1. The second kappa shape index (κ2) is 13.0. The van der Waals surface area contributed by atoms with Crippen LogP contribution in [0.4, 0.5) is 23.7 Å². The van der Waals surface area contributed by atoms with Crippen LogP contribution >= 0.6 is 11.8 Å². The van der Waals surface area contributed by atoms with Crippen molar-refractivity contribution in [3.8, 4) is 0 Å². The quantitative estimate of drug-likeness (QED) is 0.452. The summed E-state index contributed by atoms with van der Waals surface area (Å²) in [6.45, 7) is 4.00. The summed E-state index contributed by atoms with van der Waals surface area (Å²) in [7, 11) is 0. The molecule has 1 saturated carbocycles. The Bertz CT molecular complexity index is 1090. The van der Waals surface area contributed by atoms with Gasteiger partial charge in [0.05, 0.1) is 31.9 Å². The molecule has 6 rings (SSSR count). The Morgan fingerprint density at radius 1 is 0.947 bits per heavy atom. The molecule has 0 unspecified atom stereocenters. The second-order valence-electron chi connectivity index (χ2n) is 10.9. The number of quaternary nitrogens is 1. The van der Waals surface area contributed by atoms with Crippen molar-refractivity contribution in [2.45, 2.75) is 62.8 Å². The van der Waals surface area contributed by atoms with Gasteiger partial charge in [-0.3, -0.25) is 4.90 Å². The number of benzene rings is 2. The number of halogens is 4. The highest BCUT2D eigenvalue weighted by Crippen LogP contribution is 2.37. The molecule has 1 atom stereocenters. The number of thioether (sulfide) groups is 1. The number of piperidine rings is 3. The summed E-state index contributed by atoms with van der Waals surface area (Å²) in [4.78, 5) is 14.7. The van der Waals surface area contributed by atoms with Crippen LogP contribution in [-0.2, 0) is 11.3 Å². The Labute approximate surface area is 233 Å². The molecule has 3 saturated heterocycles. The lowest BCUT2D eigenvalue weighted by Crippen LogP contribution is -3.00. The van der Waals surface area contributed by atoms with Crippen LogP contribution in [-0.4, -0.2) is 53.9 Å². The van der Waals surface area contributed by atoms with Gasteiger partial charge in [-0.1, -0.05) is 37.5 Å². The van der Waals surface area contributed by atoms with Crippen molar-refractivity contribution in [3.63, 3.8) is 0 Å². The Hall–Kier alpha value is -1.90. The first kappa shape index (κ1) is 29.1. The zero-order chi connectivity index (χ0) is 25.8. The minimum absolute atomic E-state index is 0. The Morgan fingerprint density at radius 2 is 1.68 bits per heavy atom. The van der Waals surface area contributed by atoms with Gasteiger partial charge in [0.15, 0.2) is 17.7 Å². The predicted molar refractivity (Wildman–Crippen MR) is 141 cm³/mol. The molecule has 0 aromatic heterocycles. The lowest BCUT2D eigenvalue weighted by atomic mass is 9.83. The zero-order valence-corrected chi connectivity index (χ0v) is 23.2. The van der Waals surface area contributed by atoms with Crippen molar-refractivity contribution in [1.29, 1.82) is 0 Å². The highest BCUT2D eigenvalue weighted by Gasteiger charge is 2.48. The van der Waals surface area contributed by atoms with E-state index in [4.69, 9.17) is 4.74 Å². The van der Waals surface area contributed by atoms with Crippen LogP contribution in [0.5, 0.6) is 0 Å². The molecule has 3 aliphatic heterocycles. The standard InChI is InChI=1S/C29H36F3N2O2S.ClH/c30-24-11-10-21(18-26(24)32)19-33(27-9-5-4-8-25(27)31)29(35)36-28-20-34(14-12-22(28)13-15-34)16-17-37-23-6-2-1-3-7-23;/h4-5,8-11,18,22-23,28H,1-3,6-7,12-17,19-20H2;1H/q+1;/p-1/t22?,28-,34?;/m0./s1. The van der Waals surface area contributed by atoms with Crippen LogP contribution in [0.3, 0.4) is 0 Å². The van der Waals surface area contributed by atoms with Gasteiger partial charge in [0, 0.05) is 29.8 Å². The minimum atomic E-state index is -1.01. The molecule has 4 nitrogen and oxygen atoms in total. The number of carbonyl (C=O) groups excluding carboxylic acids is 1. The van der Waals surface area contributed by atoms with Crippen LogP contribution in [0.2, 0.25) is 0 Å². The van der Waals surface area contributed by atoms with Crippen LogP contribution in [0.1, 0.15) is 50.5 Å². The molecular weight excluding hydrogens is 533 g/mol. The van der Waals surface area contributed by atoms with Crippen molar-refractivity contribution in [3.05, 3.63) is 65.5 Å². The molecule has 1 aliphatic carbocycles. The number of fused-ring (bicyclic) bond motifs is 3. The van der Waals surface area contributed by atoms with Crippen molar-refractivity contribution in [1.82, 2.24) is 0 Å². The molecule has 9 heteroatoms. The van der Waals surface area contributed by atoms with E-state index in [2.05, 4.69) is 11.8 Å². The molecule has 4 fully saturated rings. The van der Waals surface area contributed by atoms with Crippen molar-refractivity contribution in [2.24, 2.45) is 5.92 Å². The summed E-state index contributed by atoms with van der Waals surface area (Å²) >= 11 is 2.11. The van der Waals surface area contributed by atoms with Gasteiger partial charge in [0.2, 0.25) is 0 Å². The summed E-state index contributed by atoms with van der Waals surface area (Å²) in [5, 5.41) is 0.786. The fourth-order valence-electron chi connectivity index (χ4n) is 6.25. The zero-order valence-electron chi connectivity index (χ0n) is 21.6. The molecule has 4 aliphatic rings. The van der Waals surface area contributed by atoms with E-state index in [0.717, 1.165) is 66.6 Å². The average molecular weight is 569 g/mol. The maximum atomic E-state index is 14.7. The summed E-state index contributed by atoms with van der Waals surface area (Å²) in [5.41, 5.74) is 0.419. The van der Waals surface area contributed by atoms with Crippen molar-refractivity contribution in [2.75, 3.05) is 36.8 Å². The summed E-state index contributed by atoms with van der Waals surface area (Å²) < 4.78 is 49.1. The van der Waals surface area contributed by atoms with Gasteiger partial charge >= 0.3 is 6.09 Å². The predicted octanol–water partition coefficient (Wildman–Crippen LogP) is 3.93. The first-order valence-corrected chi connectivity index (χ1v) is 14.6. The Morgan fingerprint density at radius 3 is 2.39 bits per heavy atom. The van der Waals surface area contributed by atoms with Gasteiger partial charge in [-0.25, -0.2) is 18.0 Å². The molecule has 3 heterocycles. The van der Waals surface area contributed by atoms with Gasteiger partial charge in [0.1, 0.15) is 12.4 Å². The monoisotopic (exact) mass is 568 g/mol. The fraction of sp³-hybridized carbons (Fsp3) is 0.552. The van der Waals surface area contributed by atoms with E-state index in [0.29, 0.717) is 11.5 Å². The molecule has 0 radical (unpaired) electrons. The number of ether oxygens (including phenoxy) is 1. The normalized spacial score (nSPS) is 25.0. The SMILES string of the molecule is O=C(O[C@H]1C[N+]2(CCSC3CCCCC3)CCC1CC2)N(Cc1ccc(F)c(F)c1)c1ccccc1F.[Cl-]. The van der Waals surface area contributed by atoms with E-state index < -0.39 is 23.5 Å². The van der Waals surface area contributed by atoms with Crippen LogP contribution in [0.25, 0.3) is 0 Å². The van der Waals surface area contributed by atoms with Gasteiger partial charge in [0.25, 0.3) is 0 Å². The van der Waals surface area contributed by atoms with E-state index in [1.807, 2.05) is 0 Å². The number of rotatable bonds is 8. The highest BCUT2D eigenvalue weighted by atomic mass is 35.5. The topological polar surface area (TPSA) is 29.5 Å². The van der Waals surface area contributed by atoms with Crippen LogP contribution in [0.15, 0.2) is 42.5 Å². The smallest absolute Gasteiger partial charge is 0.415 e. The van der Waals surface area contributed by atoms with Crippen LogP contribution < -0.4 is 17.3 Å². The second-order valence-corrected chi connectivity index (χ2v) is 12.3. The lowest BCUT2D eigenvalue weighted by Gasteiger charge is -2.52. The molecule has 208 valence electrons. The van der Waals surface area contributed by atoms with E-state index >= 15 is 0 Å². The summed E-state index contributed by atoms with van der Waals surface area (Å²) in [5.74, 6) is -1.10. The number of amides is 1. The highest BCUT2D eigenvalue weighted by molar-refractivity contribution is 7.99. The molecule has 0 N–H and O–H groups in total. The van der Waals surface area contributed by atoms with E-state index in [9.17, 15) is 18.0 Å². The van der Waals surface area contributed by atoms with Crippen molar-refractivity contribution >= 4 is 23.5 Å². The Kier molecular flexibility index (Phi) is 9.93. The number of anilines is 1. The molecule has 2 aromatic carbocycles.